The fraction of sp³-hybridized carbons (Fsp3) is 0.385. The van der Waals surface area contributed by atoms with Crippen molar-refractivity contribution in [1.82, 2.24) is 0 Å². The molecule has 3 nitrogen and oxygen atoms in total. The Morgan fingerprint density at radius 1 is 1.29 bits per heavy atom. The van der Waals surface area contributed by atoms with Crippen LogP contribution < -0.4 is 0 Å². The van der Waals surface area contributed by atoms with Gasteiger partial charge in [0.2, 0.25) is 0 Å². The summed E-state index contributed by atoms with van der Waals surface area (Å²) < 4.78 is 4.80. The predicted octanol–water partition coefficient (Wildman–Crippen LogP) is 2.65. The minimum absolute atomic E-state index is 0.147. The van der Waals surface area contributed by atoms with Gasteiger partial charge < -0.3 is 4.74 Å². The van der Waals surface area contributed by atoms with Crippen molar-refractivity contribution in [2.45, 2.75) is 20.3 Å². The normalized spacial score (nSPS) is 11.9. The highest BCUT2D eigenvalue weighted by Crippen LogP contribution is 2.12. The molecule has 0 aliphatic carbocycles. The first kappa shape index (κ1) is 13.7. The number of halogens is 1. The Balaban J connectivity index is 2.59. The molecule has 1 aromatic rings. The Morgan fingerprint density at radius 2 is 1.88 bits per heavy atom. The van der Waals surface area contributed by atoms with E-state index in [9.17, 15) is 9.59 Å². The number of carbonyl (C=O) groups excluding carboxylic acids is 2. The van der Waals surface area contributed by atoms with Crippen molar-refractivity contribution in [3.05, 3.63) is 34.9 Å². The fourth-order valence-corrected chi connectivity index (χ4v) is 1.48. The lowest BCUT2D eigenvalue weighted by atomic mass is 10.00. The molecule has 1 aromatic carbocycles. The monoisotopic (exact) mass is 254 g/mol. The SMILES string of the molecule is CCOC(=O)[C@@H](C)C(=O)Cc1ccc(Cl)cc1. The van der Waals surface area contributed by atoms with Crippen molar-refractivity contribution in [3.63, 3.8) is 0 Å². The molecule has 0 amide bonds. The van der Waals surface area contributed by atoms with Gasteiger partial charge in [0.1, 0.15) is 5.92 Å². The molecule has 0 heterocycles. The second kappa shape index (κ2) is 6.40. The summed E-state index contributed by atoms with van der Waals surface area (Å²) in [5.74, 6) is -1.33. The molecular formula is C13H15ClO3. The molecule has 0 aliphatic rings. The van der Waals surface area contributed by atoms with E-state index in [4.69, 9.17) is 16.3 Å². The van der Waals surface area contributed by atoms with Crippen LogP contribution in [0, 0.1) is 5.92 Å². The van der Waals surface area contributed by atoms with Crippen LogP contribution in [0.5, 0.6) is 0 Å². The molecular weight excluding hydrogens is 240 g/mol. The van der Waals surface area contributed by atoms with E-state index in [2.05, 4.69) is 0 Å². The molecule has 0 N–H and O–H groups in total. The smallest absolute Gasteiger partial charge is 0.316 e. The summed E-state index contributed by atoms with van der Waals surface area (Å²) in [5, 5.41) is 0.625. The predicted molar refractivity (Wildman–Crippen MR) is 66.0 cm³/mol. The van der Waals surface area contributed by atoms with Gasteiger partial charge in [-0.05, 0) is 31.5 Å². The van der Waals surface area contributed by atoms with Crippen molar-refractivity contribution >= 4 is 23.4 Å². The molecule has 17 heavy (non-hydrogen) atoms. The lowest BCUT2D eigenvalue weighted by molar-refractivity contribution is -0.150. The number of esters is 1. The molecule has 0 aromatic heterocycles. The fourth-order valence-electron chi connectivity index (χ4n) is 1.36. The van der Waals surface area contributed by atoms with E-state index in [1.807, 2.05) is 0 Å². The van der Waals surface area contributed by atoms with Crippen LogP contribution in [0.25, 0.3) is 0 Å². The molecule has 1 rings (SSSR count). The molecule has 0 fully saturated rings. The van der Waals surface area contributed by atoms with E-state index >= 15 is 0 Å². The second-order valence-electron chi connectivity index (χ2n) is 3.74. The molecule has 0 radical (unpaired) electrons. The van der Waals surface area contributed by atoms with Gasteiger partial charge in [-0.2, -0.15) is 0 Å². The Bertz CT molecular complexity index is 398. The summed E-state index contributed by atoms with van der Waals surface area (Å²) in [4.78, 5) is 23.1. The second-order valence-corrected chi connectivity index (χ2v) is 4.18. The Hall–Kier alpha value is -1.35. The molecule has 1 atom stereocenters. The average molecular weight is 255 g/mol. The number of rotatable bonds is 5. The first-order chi connectivity index (χ1) is 8.04. The van der Waals surface area contributed by atoms with Gasteiger partial charge in [0.05, 0.1) is 6.61 Å². The number of carbonyl (C=O) groups is 2. The van der Waals surface area contributed by atoms with Crippen LogP contribution in [0.4, 0.5) is 0 Å². The van der Waals surface area contributed by atoms with Gasteiger partial charge in [-0.25, -0.2) is 0 Å². The van der Waals surface area contributed by atoms with E-state index in [0.717, 1.165) is 5.56 Å². The van der Waals surface area contributed by atoms with Gasteiger partial charge in [0.15, 0.2) is 5.78 Å². The van der Waals surface area contributed by atoms with Gasteiger partial charge in [0, 0.05) is 11.4 Å². The number of Topliss-reactive ketones (excluding diaryl/α,β-unsaturated/α-hetero) is 1. The summed E-state index contributed by atoms with van der Waals surface area (Å²) in [5.41, 5.74) is 0.843. The van der Waals surface area contributed by atoms with Gasteiger partial charge in [0.25, 0.3) is 0 Å². The number of hydrogen-bond donors (Lipinski definition) is 0. The molecule has 0 unspecified atom stereocenters. The third kappa shape index (κ3) is 4.19. The molecule has 0 bridgehead atoms. The highest BCUT2D eigenvalue weighted by molar-refractivity contribution is 6.30. The summed E-state index contributed by atoms with van der Waals surface area (Å²) in [6.45, 7) is 3.57. The third-order valence-corrected chi connectivity index (χ3v) is 2.67. The molecule has 92 valence electrons. The summed E-state index contributed by atoms with van der Waals surface area (Å²) >= 11 is 5.74. The number of ether oxygens (including phenoxy) is 1. The number of hydrogen-bond acceptors (Lipinski definition) is 3. The number of ketones is 1. The van der Waals surface area contributed by atoms with Crippen molar-refractivity contribution in [3.8, 4) is 0 Å². The average Bonchev–Trinajstić information content (AvgIpc) is 2.31. The Labute approximate surface area is 106 Å². The Kier molecular flexibility index (Phi) is 5.16. The largest absolute Gasteiger partial charge is 0.465 e. The summed E-state index contributed by atoms with van der Waals surface area (Å²) in [7, 11) is 0. The lowest BCUT2D eigenvalue weighted by Gasteiger charge is -2.09. The highest BCUT2D eigenvalue weighted by Gasteiger charge is 2.22. The van der Waals surface area contributed by atoms with Crippen LogP contribution >= 0.6 is 11.6 Å². The minimum Gasteiger partial charge on any atom is -0.465 e. The van der Waals surface area contributed by atoms with E-state index in [-0.39, 0.29) is 18.8 Å². The van der Waals surface area contributed by atoms with Crippen molar-refractivity contribution < 1.29 is 14.3 Å². The van der Waals surface area contributed by atoms with E-state index < -0.39 is 11.9 Å². The maximum Gasteiger partial charge on any atom is 0.316 e. The molecule has 0 aliphatic heterocycles. The molecule has 4 heteroatoms. The van der Waals surface area contributed by atoms with Crippen LogP contribution in [0.2, 0.25) is 5.02 Å². The van der Waals surface area contributed by atoms with Crippen molar-refractivity contribution in [2.75, 3.05) is 6.61 Å². The van der Waals surface area contributed by atoms with Crippen molar-refractivity contribution in [2.24, 2.45) is 5.92 Å². The topological polar surface area (TPSA) is 43.4 Å². The van der Waals surface area contributed by atoms with Crippen molar-refractivity contribution in [1.29, 1.82) is 0 Å². The van der Waals surface area contributed by atoms with E-state index in [1.54, 1.807) is 38.1 Å². The first-order valence-electron chi connectivity index (χ1n) is 5.48. The lowest BCUT2D eigenvalue weighted by Crippen LogP contribution is -2.24. The Morgan fingerprint density at radius 3 is 2.41 bits per heavy atom. The zero-order chi connectivity index (χ0) is 12.8. The minimum atomic E-state index is -0.717. The first-order valence-corrected chi connectivity index (χ1v) is 5.86. The van der Waals surface area contributed by atoms with Crippen LogP contribution in [-0.4, -0.2) is 18.4 Å². The van der Waals surface area contributed by atoms with Crippen LogP contribution in [0.15, 0.2) is 24.3 Å². The zero-order valence-corrected chi connectivity index (χ0v) is 10.7. The standard InChI is InChI=1S/C13H15ClO3/c1-3-17-13(16)9(2)12(15)8-10-4-6-11(14)7-5-10/h4-7,9H,3,8H2,1-2H3/t9-/m0/s1. The molecule has 0 saturated carbocycles. The van der Waals surface area contributed by atoms with E-state index in [0.29, 0.717) is 5.02 Å². The van der Waals surface area contributed by atoms with E-state index in [1.165, 1.54) is 0 Å². The van der Waals surface area contributed by atoms with Gasteiger partial charge in [-0.15, -0.1) is 0 Å². The maximum absolute atomic E-state index is 11.8. The van der Waals surface area contributed by atoms with Gasteiger partial charge >= 0.3 is 5.97 Å². The van der Waals surface area contributed by atoms with Crippen LogP contribution in [0.3, 0.4) is 0 Å². The summed E-state index contributed by atoms with van der Waals surface area (Å²) in [6, 6.07) is 6.99. The molecule has 0 spiro atoms. The van der Waals surface area contributed by atoms with Gasteiger partial charge in [-0.3, -0.25) is 9.59 Å². The number of benzene rings is 1. The summed E-state index contributed by atoms with van der Waals surface area (Å²) in [6.07, 6.45) is 0.219. The van der Waals surface area contributed by atoms with Gasteiger partial charge in [-0.1, -0.05) is 23.7 Å². The van der Waals surface area contributed by atoms with Crippen LogP contribution in [-0.2, 0) is 20.7 Å². The maximum atomic E-state index is 11.8. The van der Waals surface area contributed by atoms with Crippen LogP contribution in [0.1, 0.15) is 19.4 Å². The highest BCUT2D eigenvalue weighted by atomic mass is 35.5. The third-order valence-electron chi connectivity index (χ3n) is 2.41. The zero-order valence-electron chi connectivity index (χ0n) is 9.90. The quantitative estimate of drug-likeness (QED) is 0.599. The molecule has 0 saturated heterocycles.